The predicted molar refractivity (Wildman–Crippen MR) is 95.6 cm³/mol. The number of benzene rings is 1. The molecule has 0 radical (unpaired) electrons. The summed E-state index contributed by atoms with van der Waals surface area (Å²) in [6.07, 6.45) is 1.37. The first-order valence-electron chi connectivity index (χ1n) is 8.08. The molecule has 0 spiro atoms. The molecule has 0 unspecified atom stereocenters. The van der Waals surface area contributed by atoms with Gasteiger partial charge < -0.3 is 19.2 Å². The van der Waals surface area contributed by atoms with Crippen molar-refractivity contribution in [3.05, 3.63) is 59.5 Å². The number of nitrogens with zero attached hydrogens (tertiary/aromatic N) is 2. The maximum atomic E-state index is 12.4. The third-order valence-corrected chi connectivity index (χ3v) is 4.03. The summed E-state index contributed by atoms with van der Waals surface area (Å²) in [5.74, 6) is 1.13. The fourth-order valence-electron chi connectivity index (χ4n) is 2.43. The SMILES string of the molecule is CC(=O)N(C)c1ccc(CNC(=O)c2cnoc2-c2ccc(C)o2)cc1. The van der Waals surface area contributed by atoms with E-state index in [4.69, 9.17) is 8.94 Å². The first-order valence-corrected chi connectivity index (χ1v) is 8.08. The Labute approximate surface area is 150 Å². The molecular formula is C19H19N3O4. The number of hydrogen-bond acceptors (Lipinski definition) is 5. The van der Waals surface area contributed by atoms with Crippen molar-refractivity contribution in [2.45, 2.75) is 20.4 Å². The summed E-state index contributed by atoms with van der Waals surface area (Å²) in [5, 5.41) is 6.53. The van der Waals surface area contributed by atoms with Crippen LogP contribution in [0.4, 0.5) is 5.69 Å². The number of aryl methyl sites for hydroxylation is 1. The van der Waals surface area contributed by atoms with E-state index in [1.54, 1.807) is 24.1 Å². The van der Waals surface area contributed by atoms with Gasteiger partial charge in [-0.05, 0) is 36.8 Å². The number of nitrogens with one attached hydrogen (secondary N) is 1. The maximum Gasteiger partial charge on any atom is 0.257 e. The van der Waals surface area contributed by atoms with Gasteiger partial charge in [-0.15, -0.1) is 0 Å². The van der Waals surface area contributed by atoms with Crippen molar-refractivity contribution in [2.24, 2.45) is 0 Å². The Morgan fingerprint density at radius 1 is 1.15 bits per heavy atom. The average molecular weight is 353 g/mol. The topological polar surface area (TPSA) is 88.6 Å². The predicted octanol–water partition coefficient (Wildman–Crippen LogP) is 3.16. The molecule has 26 heavy (non-hydrogen) atoms. The molecule has 7 nitrogen and oxygen atoms in total. The second-order valence-corrected chi connectivity index (χ2v) is 5.91. The summed E-state index contributed by atoms with van der Waals surface area (Å²) in [5.41, 5.74) is 2.01. The first-order chi connectivity index (χ1) is 12.5. The minimum absolute atomic E-state index is 0.0424. The highest BCUT2D eigenvalue weighted by Gasteiger charge is 2.20. The van der Waals surface area contributed by atoms with Crippen molar-refractivity contribution in [1.29, 1.82) is 0 Å². The van der Waals surface area contributed by atoms with Crippen LogP contribution in [-0.4, -0.2) is 24.0 Å². The Bertz CT molecular complexity index is 924. The molecule has 0 saturated carbocycles. The van der Waals surface area contributed by atoms with Crippen molar-refractivity contribution in [1.82, 2.24) is 10.5 Å². The third kappa shape index (κ3) is 3.66. The maximum absolute atomic E-state index is 12.4. The Morgan fingerprint density at radius 3 is 2.50 bits per heavy atom. The van der Waals surface area contributed by atoms with Gasteiger partial charge in [-0.1, -0.05) is 17.3 Å². The van der Waals surface area contributed by atoms with Crippen LogP contribution in [0, 0.1) is 6.92 Å². The van der Waals surface area contributed by atoms with Gasteiger partial charge in [0.05, 0.1) is 6.20 Å². The molecule has 0 saturated heterocycles. The van der Waals surface area contributed by atoms with Crippen LogP contribution in [0.1, 0.15) is 28.6 Å². The zero-order valence-electron chi connectivity index (χ0n) is 14.8. The molecule has 0 bridgehead atoms. The van der Waals surface area contributed by atoms with Gasteiger partial charge in [-0.3, -0.25) is 9.59 Å². The van der Waals surface area contributed by atoms with Crippen molar-refractivity contribution in [3.8, 4) is 11.5 Å². The first kappa shape index (κ1) is 17.5. The highest BCUT2D eigenvalue weighted by Crippen LogP contribution is 2.25. The van der Waals surface area contributed by atoms with Crippen molar-refractivity contribution < 1.29 is 18.5 Å². The van der Waals surface area contributed by atoms with E-state index in [0.29, 0.717) is 23.6 Å². The molecule has 0 aliphatic carbocycles. The van der Waals surface area contributed by atoms with Gasteiger partial charge in [0.25, 0.3) is 5.91 Å². The van der Waals surface area contributed by atoms with E-state index in [1.165, 1.54) is 13.1 Å². The molecule has 0 aliphatic heterocycles. The van der Waals surface area contributed by atoms with E-state index in [2.05, 4.69) is 10.5 Å². The number of carbonyl (C=O) groups excluding carboxylic acids is 2. The van der Waals surface area contributed by atoms with Crippen LogP contribution in [0.15, 0.2) is 51.5 Å². The number of furan rings is 1. The van der Waals surface area contributed by atoms with Gasteiger partial charge in [-0.2, -0.15) is 0 Å². The standard InChI is InChI=1S/C19H19N3O4/c1-12-4-9-17(25-12)18-16(11-21-26-18)19(24)20-10-14-5-7-15(8-6-14)22(3)13(2)23/h4-9,11H,10H2,1-3H3,(H,20,24). The summed E-state index contributed by atoms with van der Waals surface area (Å²) >= 11 is 0. The summed E-state index contributed by atoms with van der Waals surface area (Å²) in [6.45, 7) is 3.66. The monoisotopic (exact) mass is 353 g/mol. The van der Waals surface area contributed by atoms with Crippen molar-refractivity contribution in [3.63, 3.8) is 0 Å². The van der Waals surface area contributed by atoms with Crippen LogP contribution < -0.4 is 10.2 Å². The van der Waals surface area contributed by atoms with Crippen LogP contribution in [-0.2, 0) is 11.3 Å². The minimum Gasteiger partial charge on any atom is -0.458 e. The molecule has 0 fully saturated rings. The number of hydrogen-bond donors (Lipinski definition) is 1. The van der Waals surface area contributed by atoms with E-state index in [0.717, 1.165) is 17.0 Å². The van der Waals surface area contributed by atoms with Crippen LogP contribution in [0.25, 0.3) is 11.5 Å². The van der Waals surface area contributed by atoms with Crippen LogP contribution in [0.5, 0.6) is 0 Å². The highest BCUT2D eigenvalue weighted by molar-refractivity contribution is 5.98. The van der Waals surface area contributed by atoms with E-state index >= 15 is 0 Å². The number of carbonyl (C=O) groups is 2. The van der Waals surface area contributed by atoms with Gasteiger partial charge in [-0.25, -0.2) is 0 Å². The van der Waals surface area contributed by atoms with E-state index in [1.807, 2.05) is 31.2 Å². The lowest BCUT2D eigenvalue weighted by atomic mass is 10.1. The highest BCUT2D eigenvalue weighted by atomic mass is 16.5. The summed E-state index contributed by atoms with van der Waals surface area (Å²) < 4.78 is 10.7. The Balaban J connectivity index is 1.67. The average Bonchev–Trinajstić information content (AvgIpc) is 3.28. The molecule has 134 valence electrons. The Kier molecular flexibility index (Phi) is 4.88. The lowest BCUT2D eigenvalue weighted by molar-refractivity contribution is -0.116. The lowest BCUT2D eigenvalue weighted by Crippen LogP contribution is -2.24. The largest absolute Gasteiger partial charge is 0.458 e. The molecule has 2 heterocycles. The normalized spacial score (nSPS) is 10.6. The lowest BCUT2D eigenvalue weighted by Gasteiger charge is -2.15. The van der Waals surface area contributed by atoms with Crippen molar-refractivity contribution in [2.75, 3.05) is 11.9 Å². The number of amides is 2. The van der Waals surface area contributed by atoms with E-state index in [-0.39, 0.29) is 11.8 Å². The van der Waals surface area contributed by atoms with Gasteiger partial charge in [0, 0.05) is 26.2 Å². The van der Waals surface area contributed by atoms with E-state index < -0.39 is 0 Å². The van der Waals surface area contributed by atoms with Gasteiger partial charge in [0.1, 0.15) is 11.3 Å². The molecule has 1 aromatic carbocycles. The molecule has 2 amide bonds. The van der Waals surface area contributed by atoms with Crippen LogP contribution in [0.3, 0.4) is 0 Å². The van der Waals surface area contributed by atoms with Crippen LogP contribution in [0.2, 0.25) is 0 Å². The smallest absolute Gasteiger partial charge is 0.257 e. The Hall–Kier alpha value is -3.35. The molecule has 3 rings (SSSR count). The summed E-state index contributed by atoms with van der Waals surface area (Å²) in [4.78, 5) is 25.4. The summed E-state index contributed by atoms with van der Waals surface area (Å²) in [7, 11) is 1.71. The fraction of sp³-hybridized carbons (Fsp3) is 0.211. The summed E-state index contributed by atoms with van der Waals surface area (Å²) in [6, 6.07) is 10.9. The van der Waals surface area contributed by atoms with Gasteiger partial charge in [0.2, 0.25) is 11.7 Å². The molecule has 2 aromatic heterocycles. The van der Waals surface area contributed by atoms with Crippen LogP contribution >= 0.6 is 0 Å². The Morgan fingerprint density at radius 2 is 1.88 bits per heavy atom. The van der Waals surface area contributed by atoms with Gasteiger partial charge >= 0.3 is 0 Å². The zero-order chi connectivity index (χ0) is 18.7. The number of anilines is 1. The quantitative estimate of drug-likeness (QED) is 0.761. The number of rotatable bonds is 5. The molecular weight excluding hydrogens is 334 g/mol. The fourth-order valence-corrected chi connectivity index (χ4v) is 2.43. The third-order valence-electron chi connectivity index (χ3n) is 4.03. The molecule has 0 aliphatic rings. The zero-order valence-corrected chi connectivity index (χ0v) is 14.8. The second-order valence-electron chi connectivity index (χ2n) is 5.91. The van der Waals surface area contributed by atoms with Gasteiger partial charge in [0.15, 0.2) is 5.76 Å². The minimum atomic E-state index is -0.305. The number of aromatic nitrogens is 1. The molecule has 3 aromatic rings. The molecule has 1 N–H and O–H groups in total. The second kappa shape index (κ2) is 7.26. The van der Waals surface area contributed by atoms with Crippen molar-refractivity contribution >= 4 is 17.5 Å². The van der Waals surface area contributed by atoms with E-state index in [9.17, 15) is 9.59 Å². The molecule has 7 heteroatoms. The molecule has 0 atom stereocenters.